The Balaban J connectivity index is 1.47. The molecule has 1 aliphatic rings. The van der Waals surface area contributed by atoms with E-state index in [-0.39, 0.29) is 11.5 Å². The Morgan fingerprint density at radius 1 is 1.22 bits per heavy atom. The number of aromatic nitrogens is 5. The normalized spacial score (nSPS) is 15.9. The molecule has 4 aromatic rings. The molecule has 10 nitrogen and oxygen atoms in total. The van der Waals surface area contributed by atoms with Gasteiger partial charge in [-0.25, -0.2) is 14.3 Å². The fraction of sp³-hybridized carbons (Fsp3) is 0.227. The Kier molecular flexibility index (Phi) is 4.81. The molecule has 3 aromatic heterocycles. The minimum Gasteiger partial charge on any atom is -0.368 e. The number of hydrogen-bond acceptors (Lipinski definition) is 6. The van der Waals surface area contributed by atoms with E-state index in [9.17, 15) is 14.4 Å². The first kappa shape index (κ1) is 19.7. The van der Waals surface area contributed by atoms with E-state index in [0.29, 0.717) is 22.8 Å². The first-order valence-corrected chi connectivity index (χ1v) is 10.3. The van der Waals surface area contributed by atoms with Crippen LogP contribution >= 0.6 is 0 Å². The summed E-state index contributed by atoms with van der Waals surface area (Å²) < 4.78 is 1.64. The van der Waals surface area contributed by atoms with Crippen molar-refractivity contribution < 1.29 is 4.79 Å². The van der Waals surface area contributed by atoms with Crippen LogP contribution in [0.25, 0.3) is 16.9 Å². The number of carbonyl (C=O) groups excluding carboxylic acids is 1. The van der Waals surface area contributed by atoms with E-state index in [1.54, 1.807) is 24.0 Å². The fourth-order valence-electron chi connectivity index (χ4n) is 4.17. The molecule has 1 aromatic carbocycles. The lowest BCUT2D eigenvalue weighted by Crippen LogP contribution is -2.24. The lowest BCUT2D eigenvalue weighted by Gasteiger charge is -2.20. The zero-order valence-electron chi connectivity index (χ0n) is 17.3. The Bertz CT molecular complexity index is 1420. The third-order valence-corrected chi connectivity index (χ3v) is 5.84. The SMILES string of the molecule is CNC(=O)c1ccc(C2CCN(c3cc(-c4c[nH]c(=O)[nH]c4=O)nn4ccnc34)C2)cc1. The highest BCUT2D eigenvalue weighted by Crippen LogP contribution is 2.33. The number of hydrogen-bond donors (Lipinski definition) is 3. The van der Waals surface area contributed by atoms with Gasteiger partial charge in [-0.1, -0.05) is 12.1 Å². The van der Waals surface area contributed by atoms with Crippen LogP contribution in [0, 0.1) is 0 Å². The number of anilines is 1. The molecule has 4 heterocycles. The maximum atomic E-state index is 12.3. The third-order valence-electron chi connectivity index (χ3n) is 5.84. The number of nitrogens with zero attached hydrogens (tertiary/aromatic N) is 4. The van der Waals surface area contributed by atoms with Crippen molar-refractivity contribution in [2.45, 2.75) is 12.3 Å². The van der Waals surface area contributed by atoms with E-state index in [0.717, 1.165) is 25.2 Å². The summed E-state index contributed by atoms with van der Waals surface area (Å²) in [5.41, 5.74) is 3.04. The number of H-pyrrole nitrogens is 2. The molecule has 1 aliphatic heterocycles. The molecule has 1 saturated heterocycles. The van der Waals surface area contributed by atoms with E-state index in [1.165, 1.54) is 11.8 Å². The van der Waals surface area contributed by atoms with Gasteiger partial charge in [0.2, 0.25) is 0 Å². The molecule has 1 unspecified atom stereocenters. The molecule has 0 saturated carbocycles. The van der Waals surface area contributed by atoms with Gasteiger partial charge in [0.05, 0.1) is 11.3 Å². The Morgan fingerprint density at radius 3 is 2.78 bits per heavy atom. The molecule has 1 fully saturated rings. The predicted molar refractivity (Wildman–Crippen MR) is 119 cm³/mol. The second-order valence-electron chi connectivity index (χ2n) is 7.73. The van der Waals surface area contributed by atoms with Crippen molar-refractivity contribution in [3.63, 3.8) is 0 Å². The van der Waals surface area contributed by atoms with E-state index < -0.39 is 11.2 Å². The number of carbonyl (C=O) groups is 1. The number of benzene rings is 1. The molecule has 162 valence electrons. The fourth-order valence-corrected chi connectivity index (χ4v) is 4.17. The summed E-state index contributed by atoms with van der Waals surface area (Å²) in [6.45, 7) is 1.59. The zero-order chi connectivity index (χ0) is 22.2. The summed E-state index contributed by atoms with van der Waals surface area (Å²) >= 11 is 0. The molecule has 1 amide bonds. The van der Waals surface area contributed by atoms with Crippen molar-refractivity contribution in [1.29, 1.82) is 0 Å². The van der Waals surface area contributed by atoms with Crippen LogP contribution in [-0.2, 0) is 0 Å². The molecule has 3 N–H and O–H groups in total. The molecule has 10 heteroatoms. The van der Waals surface area contributed by atoms with Gasteiger partial charge < -0.3 is 15.2 Å². The van der Waals surface area contributed by atoms with Crippen LogP contribution in [0.15, 0.2) is 58.5 Å². The number of amides is 1. The maximum absolute atomic E-state index is 12.3. The van der Waals surface area contributed by atoms with Gasteiger partial charge in [0.1, 0.15) is 5.69 Å². The molecule has 5 rings (SSSR count). The summed E-state index contributed by atoms with van der Waals surface area (Å²) in [5, 5.41) is 7.12. The highest BCUT2D eigenvalue weighted by molar-refractivity contribution is 5.94. The maximum Gasteiger partial charge on any atom is 0.325 e. The summed E-state index contributed by atoms with van der Waals surface area (Å²) in [7, 11) is 1.62. The monoisotopic (exact) mass is 431 g/mol. The first-order chi connectivity index (χ1) is 15.5. The van der Waals surface area contributed by atoms with E-state index in [1.807, 2.05) is 30.3 Å². The van der Waals surface area contributed by atoms with Crippen LogP contribution in [0.5, 0.6) is 0 Å². The zero-order valence-corrected chi connectivity index (χ0v) is 17.3. The average Bonchev–Trinajstić information content (AvgIpc) is 3.48. The van der Waals surface area contributed by atoms with Crippen molar-refractivity contribution in [1.82, 2.24) is 29.9 Å². The largest absolute Gasteiger partial charge is 0.368 e. The second-order valence-corrected chi connectivity index (χ2v) is 7.73. The van der Waals surface area contributed by atoms with Gasteiger partial charge in [-0.15, -0.1) is 0 Å². The van der Waals surface area contributed by atoms with Crippen LogP contribution in [0.2, 0.25) is 0 Å². The van der Waals surface area contributed by atoms with Crippen LogP contribution in [0.3, 0.4) is 0 Å². The Labute approximate surface area is 181 Å². The summed E-state index contributed by atoms with van der Waals surface area (Å²) in [6, 6.07) is 9.53. The molecule has 1 atom stereocenters. The standard InChI is InChI=1S/C22H21N7O3/c1-23-20(30)14-4-2-13(3-5-14)15-6-8-28(12-15)18-10-17(27-29-9-7-24-19(18)29)16-11-25-22(32)26-21(16)31/h2-5,7,9-11,15H,6,8,12H2,1H3,(H,23,30)(H2,25,26,31,32). The van der Waals surface area contributed by atoms with Crippen molar-refractivity contribution >= 4 is 17.2 Å². The Morgan fingerprint density at radius 2 is 2.03 bits per heavy atom. The number of imidazole rings is 1. The highest BCUT2D eigenvalue weighted by atomic mass is 16.2. The minimum absolute atomic E-state index is 0.104. The van der Waals surface area contributed by atoms with Crippen LogP contribution < -0.4 is 21.5 Å². The van der Waals surface area contributed by atoms with Gasteiger partial charge >= 0.3 is 5.69 Å². The minimum atomic E-state index is -0.562. The number of aromatic amines is 2. The van der Waals surface area contributed by atoms with Gasteiger partial charge in [-0.2, -0.15) is 5.10 Å². The molecule has 0 bridgehead atoms. The van der Waals surface area contributed by atoms with E-state index in [2.05, 4.69) is 30.3 Å². The summed E-state index contributed by atoms with van der Waals surface area (Å²) in [4.78, 5) is 46.9. The molecule has 0 spiro atoms. The summed E-state index contributed by atoms with van der Waals surface area (Å²) in [6.07, 6.45) is 5.71. The van der Waals surface area contributed by atoms with Crippen LogP contribution in [-0.4, -0.2) is 50.6 Å². The van der Waals surface area contributed by atoms with Gasteiger partial charge in [0.15, 0.2) is 5.65 Å². The number of rotatable bonds is 4. The van der Waals surface area contributed by atoms with Crippen LogP contribution in [0.1, 0.15) is 28.3 Å². The van der Waals surface area contributed by atoms with Crippen molar-refractivity contribution in [3.05, 3.63) is 80.9 Å². The van der Waals surface area contributed by atoms with Gasteiger partial charge in [-0.05, 0) is 30.2 Å². The van der Waals surface area contributed by atoms with E-state index in [4.69, 9.17) is 0 Å². The van der Waals surface area contributed by atoms with Crippen molar-refractivity contribution in [2.24, 2.45) is 0 Å². The first-order valence-electron chi connectivity index (χ1n) is 10.3. The van der Waals surface area contributed by atoms with Crippen molar-refractivity contribution in [3.8, 4) is 11.3 Å². The lowest BCUT2D eigenvalue weighted by molar-refractivity contribution is 0.0963. The van der Waals surface area contributed by atoms with E-state index >= 15 is 0 Å². The predicted octanol–water partition coefficient (Wildman–Crippen LogP) is 1.13. The highest BCUT2D eigenvalue weighted by Gasteiger charge is 2.27. The van der Waals surface area contributed by atoms with Gasteiger partial charge in [0.25, 0.3) is 11.5 Å². The molecule has 0 aliphatic carbocycles. The van der Waals surface area contributed by atoms with Gasteiger partial charge in [-0.3, -0.25) is 14.6 Å². The summed E-state index contributed by atoms with van der Waals surface area (Å²) in [5.74, 6) is 0.199. The Hall–Kier alpha value is -4.21. The average molecular weight is 431 g/mol. The van der Waals surface area contributed by atoms with Crippen molar-refractivity contribution in [2.75, 3.05) is 25.0 Å². The van der Waals surface area contributed by atoms with Crippen LogP contribution in [0.4, 0.5) is 5.69 Å². The lowest BCUT2D eigenvalue weighted by atomic mass is 9.97. The topological polar surface area (TPSA) is 128 Å². The van der Waals surface area contributed by atoms with Gasteiger partial charge in [0, 0.05) is 50.2 Å². The quantitative estimate of drug-likeness (QED) is 0.444. The molecule has 32 heavy (non-hydrogen) atoms. The molecular weight excluding hydrogens is 410 g/mol. The number of fused-ring (bicyclic) bond motifs is 1. The number of nitrogens with one attached hydrogen (secondary N) is 3. The molecular formula is C22H21N7O3. The second kappa shape index (κ2) is 7.80. The third kappa shape index (κ3) is 3.45. The molecule has 0 radical (unpaired) electrons. The smallest absolute Gasteiger partial charge is 0.325 e.